The quantitative estimate of drug-likeness (QED) is 0.773. The van der Waals surface area contributed by atoms with E-state index in [1.54, 1.807) is 36.1 Å². The van der Waals surface area contributed by atoms with Gasteiger partial charge in [0.15, 0.2) is 12.7 Å². The number of carbonyl (C=O) groups is 3. The molecule has 0 bridgehead atoms. The molecule has 0 unspecified atom stereocenters. The highest BCUT2D eigenvalue weighted by Crippen LogP contribution is 2.17. The van der Waals surface area contributed by atoms with Crippen LogP contribution >= 0.6 is 0 Å². The molecule has 7 nitrogen and oxygen atoms in total. The number of piperidine rings is 1. The lowest BCUT2D eigenvalue weighted by Crippen LogP contribution is -2.43. The van der Waals surface area contributed by atoms with Crippen molar-refractivity contribution in [2.24, 2.45) is 11.7 Å². The van der Waals surface area contributed by atoms with Crippen molar-refractivity contribution in [1.29, 1.82) is 0 Å². The van der Waals surface area contributed by atoms with Crippen LogP contribution in [0.5, 0.6) is 5.75 Å². The van der Waals surface area contributed by atoms with Gasteiger partial charge in [-0.2, -0.15) is 0 Å². The van der Waals surface area contributed by atoms with Crippen LogP contribution in [0.1, 0.15) is 19.8 Å². The largest absolute Gasteiger partial charge is 0.479 e. The number of para-hydroxylation sites is 1. The standard InChI is InChI=1S/C17H22N2O5/c1-12(24-14-5-3-2-4-6-14)17(22)23-11-15(20)19-9-7-13(8-10-19)16(18)21/h2-6,12-13H,7-11H2,1H3,(H2,18,21)/t12-/m0/s1. The molecule has 0 spiro atoms. The number of amides is 2. The molecule has 130 valence electrons. The second kappa shape index (κ2) is 8.33. The van der Waals surface area contributed by atoms with Gasteiger partial charge in [-0.25, -0.2) is 4.79 Å². The minimum atomic E-state index is -0.805. The van der Waals surface area contributed by atoms with E-state index in [1.807, 2.05) is 6.07 Å². The third-order valence-corrected chi connectivity index (χ3v) is 3.98. The fraction of sp³-hybridized carbons (Fsp3) is 0.471. The third-order valence-electron chi connectivity index (χ3n) is 3.98. The van der Waals surface area contributed by atoms with Crippen molar-refractivity contribution in [1.82, 2.24) is 4.90 Å². The highest BCUT2D eigenvalue weighted by atomic mass is 16.6. The number of nitrogens with zero attached hydrogens (tertiary/aromatic N) is 1. The maximum atomic E-state index is 12.1. The van der Waals surface area contributed by atoms with Gasteiger partial charge in [0.2, 0.25) is 5.91 Å². The van der Waals surface area contributed by atoms with Crippen LogP contribution in [-0.2, 0) is 19.1 Å². The average Bonchev–Trinajstić information content (AvgIpc) is 2.60. The van der Waals surface area contributed by atoms with Crippen LogP contribution in [-0.4, -0.2) is 48.5 Å². The molecule has 0 radical (unpaired) electrons. The summed E-state index contributed by atoms with van der Waals surface area (Å²) >= 11 is 0. The van der Waals surface area contributed by atoms with Gasteiger partial charge >= 0.3 is 5.97 Å². The Labute approximate surface area is 140 Å². The lowest BCUT2D eigenvalue weighted by atomic mass is 9.96. The number of rotatable bonds is 6. The van der Waals surface area contributed by atoms with Crippen LogP contribution in [0.3, 0.4) is 0 Å². The van der Waals surface area contributed by atoms with Gasteiger partial charge in [0.05, 0.1) is 0 Å². The van der Waals surface area contributed by atoms with Crippen molar-refractivity contribution in [2.45, 2.75) is 25.9 Å². The molecule has 2 N–H and O–H groups in total. The minimum absolute atomic E-state index is 0.184. The van der Waals surface area contributed by atoms with E-state index in [-0.39, 0.29) is 24.3 Å². The molecule has 2 amide bonds. The molecule has 1 saturated heterocycles. The van der Waals surface area contributed by atoms with Crippen molar-refractivity contribution in [2.75, 3.05) is 19.7 Å². The Morgan fingerprint density at radius 1 is 1.21 bits per heavy atom. The van der Waals surface area contributed by atoms with Gasteiger partial charge in [0.1, 0.15) is 5.75 Å². The first-order valence-corrected chi connectivity index (χ1v) is 7.93. The molecule has 2 rings (SSSR count). The fourth-order valence-corrected chi connectivity index (χ4v) is 2.51. The van der Waals surface area contributed by atoms with E-state index >= 15 is 0 Å². The SMILES string of the molecule is C[C@H](Oc1ccccc1)C(=O)OCC(=O)N1CCC(C(N)=O)CC1. The molecule has 1 aliphatic heterocycles. The number of likely N-dealkylation sites (tertiary alicyclic amines) is 1. The zero-order chi connectivity index (χ0) is 17.5. The number of carbonyl (C=O) groups excluding carboxylic acids is 3. The first kappa shape index (κ1) is 17.8. The molecule has 1 fully saturated rings. The van der Waals surface area contributed by atoms with E-state index in [1.165, 1.54) is 0 Å². The number of benzene rings is 1. The molecule has 1 aromatic rings. The predicted molar refractivity (Wildman–Crippen MR) is 86.0 cm³/mol. The molecule has 0 saturated carbocycles. The third kappa shape index (κ3) is 4.97. The molecule has 24 heavy (non-hydrogen) atoms. The lowest BCUT2D eigenvalue weighted by Gasteiger charge is -2.30. The highest BCUT2D eigenvalue weighted by Gasteiger charge is 2.27. The Morgan fingerprint density at radius 3 is 2.42 bits per heavy atom. The highest BCUT2D eigenvalue weighted by molar-refractivity contribution is 5.82. The Balaban J connectivity index is 1.73. The number of nitrogens with two attached hydrogens (primary N) is 1. The first-order valence-electron chi connectivity index (χ1n) is 7.93. The number of hydrogen-bond acceptors (Lipinski definition) is 5. The van der Waals surface area contributed by atoms with E-state index in [2.05, 4.69) is 0 Å². The summed E-state index contributed by atoms with van der Waals surface area (Å²) in [5, 5.41) is 0. The van der Waals surface area contributed by atoms with E-state index in [0.717, 1.165) is 0 Å². The van der Waals surface area contributed by atoms with Crippen LogP contribution in [0.2, 0.25) is 0 Å². The molecule has 1 heterocycles. The van der Waals surface area contributed by atoms with Crippen molar-refractivity contribution >= 4 is 17.8 Å². The van der Waals surface area contributed by atoms with Crippen LogP contribution in [0.15, 0.2) is 30.3 Å². The zero-order valence-electron chi connectivity index (χ0n) is 13.6. The average molecular weight is 334 g/mol. The summed E-state index contributed by atoms with van der Waals surface area (Å²) in [6.07, 6.45) is 0.284. The van der Waals surface area contributed by atoms with Crippen molar-refractivity contribution in [3.8, 4) is 5.75 Å². The van der Waals surface area contributed by atoms with E-state index in [0.29, 0.717) is 31.7 Å². The zero-order valence-corrected chi connectivity index (χ0v) is 13.6. The van der Waals surface area contributed by atoms with Crippen LogP contribution in [0.25, 0.3) is 0 Å². The Morgan fingerprint density at radius 2 is 1.83 bits per heavy atom. The number of hydrogen-bond donors (Lipinski definition) is 1. The van der Waals surface area contributed by atoms with Gasteiger partial charge in [0.25, 0.3) is 5.91 Å². The van der Waals surface area contributed by atoms with Crippen LogP contribution in [0.4, 0.5) is 0 Å². The van der Waals surface area contributed by atoms with Gasteiger partial charge in [0, 0.05) is 19.0 Å². The van der Waals surface area contributed by atoms with Crippen LogP contribution in [0, 0.1) is 5.92 Å². The molecular formula is C17H22N2O5. The first-order chi connectivity index (χ1) is 11.5. The van der Waals surface area contributed by atoms with Crippen molar-refractivity contribution in [3.63, 3.8) is 0 Å². The molecular weight excluding hydrogens is 312 g/mol. The summed E-state index contributed by atoms with van der Waals surface area (Å²) in [5.74, 6) is -0.837. The maximum absolute atomic E-state index is 12.1. The van der Waals surface area contributed by atoms with Crippen molar-refractivity contribution < 1.29 is 23.9 Å². The van der Waals surface area contributed by atoms with E-state index < -0.39 is 12.1 Å². The molecule has 0 aliphatic carbocycles. The topological polar surface area (TPSA) is 98.9 Å². The van der Waals surface area contributed by atoms with Crippen LogP contribution < -0.4 is 10.5 Å². The second-order valence-corrected chi connectivity index (χ2v) is 5.74. The minimum Gasteiger partial charge on any atom is -0.479 e. The monoisotopic (exact) mass is 334 g/mol. The number of esters is 1. The molecule has 1 aliphatic rings. The summed E-state index contributed by atoms with van der Waals surface area (Å²) in [6.45, 7) is 2.13. The van der Waals surface area contributed by atoms with Gasteiger partial charge in [-0.15, -0.1) is 0 Å². The summed E-state index contributed by atoms with van der Waals surface area (Å²) in [7, 11) is 0. The fourth-order valence-electron chi connectivity index (χ4n) is 2.51. The summed E-state index contributed by atoms with van der Waals surface area (Å²) < 4.78 is 10.5. The smallest absolute Gasteiger partial charge is 0.347 e. The van der Waals surface area contributed by atoms with Gasteiger partial charge in [-0.1, -0.05) is 18.2 Å². The van der Waals surface area contributed by atoms with Gasteiger partial charge in [-0.3, -0.25) is 9.59 Å². The Bertz CT molecular complexity index is 582. The summed E-state index contributed by atoms with van der Waals surface area (Å²) in [4.78, 5) is 36.6. The van der Waals surface area contributed by atoms with E-state index in [4.69, 9.17) is 15.2 Å². The van der Waals surface area contributed by atoms with Gasteiger partial charge in [-0.05, 0) is 31.9 Å². The molecule has 1 atom stereocenters. The van der Waals surface area contributed by atoms with Crippen molar-refractivity contribution in [3.05, 3.63) is 30.3 Å². The Kier molecular flexibility index (Phi) is 6.17. The molecule has 1 aromatic carbocycles. The Hall–Kier alpha value is -2.57. The molecule has 7 heteroatoms. The lowest BCUT2D eigenvalue weighted by molar-refractivity contribution is -0.157. The maximum Gasteiger partial charge on any atom is 0.347 e. The molecule has 0 aromatic heterocycles. The van der Waals surface area contributed by atoms with Gasteiger partial charge < -0.3 is 20.1 Å². The predicted octanol–water partition coefficient (Wildman–Crippen LogP) is 0.721. The number of ether oxygens (including phenoxy) is 2. The summed E-state index contributed by atoms with van der Waals surface area (Å²) in [6, 6.07) is 8.91. The van der Waals surface area contributed by atoms with E-state index in [9.17, 15) is 14.4 Å². The number of primary amides is 1. The summed E-state index contributed by atoms with van der Waals surface area (Å²) in [5.41, 5.74) is 5.26. The second-order valence-electron chi connectivity index (χ2n) is 5.74. The normalized spacial score (nSPS) is 16.3.